The molecule has 0 aliphatic heterocycles. The Morgan fingerprint density at radius 3 is 3.12 bits per heavy atom. The third-order valence-corrected chi connectivity index (χ3v) is 4.78. The van der Waals surface area contributed by atoms with Crippen LogP contribution in [0.2, 0.25) is 5.15 Å². The minimum Gasteiger partial charge on any atom is -0.381 e. The second-order valence-corrected chi connectivity index (χ2v) is 5.84. The molecule has 2 nitrogen and oxygen atoms in total. The summed E-state index contributed by atoms with van der Waals surface area (Å²) in [5.74, 6) is 0. The Morgan fingerprint density at radius 2 is 2.35 bits per heavy atom. The van der Waals surface area contributed by atoms with Crippen LogP contribution in [-0.2, 0) is 11.2 Å². The minimum absolute atomic E-state index is 0.337. The van der Waals surface area contributed by atoms with Gasteiger partial charge in [-0.2, -0.15) is 0 Å². The van der Waals surface area contributed by atoms with Crippen LogP contribution in [0.5, 0.6) is 0 Å². The van der Waals surface area contributed by atoms with Crippen LogP contribution in [0.4, 0.5) is 0 Å². The van der Waals surface area contributed by atoms with Gasteiger partial charge in [-0.25, -0.2) is 4.98 Å². The zero-order valence-corrected chi connectivity index (χ0v) is 11.9. The van der Waals surface area contributed by atoms with Gasteiger partial charge in [0.1, 0.15) is 5.15 Å². The van der Waals surface area contributed by atoms with E-state index in [2.05, 4.69) is 27.0 Å². The molecular weight excluding hydrogens is 302 g/mol. The number of allylic oxidation sites excluding steroid dienone is 1. The first-order valence-electron chi connectivity index (χ1n) is 5.78. The average molecular weight is 315 g/mol. The van der Waals surface area contributed by atoms with Crippen molar-refractivity contribution in [3.8, 4) is 0 Å². The maximum Gasteiger partial charge on any atom is 0.143 e. The van der Waals surface area contributed by atoms with Gasteiger partial charge in [-0.1, -0.05) is 17.2 Å². The van der Waals surface area contributed by atoms with Crippen LogP contribution in [0.1, 0.15) is 30.5 Å². The molecule has 1 unspecified atom stereocenters. The summed E-state index contributed by atoms with van der Waals surface area (Å²) in [6.07, 6.45) is 4.59. The van der Waals surface area contributed by atoms with E-state index in [-0.39, 0.29) is 0 Å². The number of hydrogen-bond donors (Lipinski definition) is 0. The average Bonchev–Trinajstić information content (AvgIpc) is 2.67. The van der Waals surface area contributed by atoms with Gasteiger partial charge in [0.2, 0.25) is 0 Å². The molecule has 90 valence electrons. The summed E-state index contributed by atoms with van der Waals surface area (Å²) in [5, 5.41) is 0.553. The highest BCUT2D eigenvalue weighted by molar-refractivity contribution is 9.10. The van der Waals surface area contributed by atoms with E-state index in [0.29, 0.717) is 11.3 Å². The number of methoxy groups -OCH3 is 1. The molecule has 0 spiro atoms. The Bertz CT molecular complexity index is 512. The summed E-state index contributed by atoms with van der Waals surface area (Å²) >= 11 is 9.52. The lowest BCUT2D eigenvalue weighted by atomic mass is 9.91. The van der Waals surface area contributed by atoms with Crippen LogP contribution in [0.15, 0.2) is 16.1 Å². The molecule has 2 aliphatic carbocycles. The molecule has 0 bridgehead atoms. The molecule has 0 amide bonds. The first-order valence-corrected chi connectivity index (χ1v) is 6.95. The van der Waals surface area contributed by atoms with Gasteiger partial charge >= 0.3 is 0 Å². The van der Waals surface area contributed by atoms with Gasteiger partial charge in [-0.15, -0.1) is 0 Å². The first kappa shape index (κ1) is 11.7. The van der Waals surface area contributed by atoms with E-state index in [1.165, 1.54) is 16.7 Å². The second kappa shape index (κ2) is 4.38. The predicted molar refractivity (Wildman–Crippen MR) is 72.2 cm³/mol. The molecule has 0 N–H and O–H groups in total. The van der Waals surface area contributed by atoms with Crippen molar-refractivity contribution in [2.24, 2.45) is 0 Å². The van der Waals surface area contributed by atoms with Crippen molar-refractivity contribution in [1.82, 2.24) is 4.98 Å². The normalized spacial score (nSPS) is 22.6. The second-order valence-electron chi connectivity index (χ2n) is 4.63. The monoisotopic (exact) mass is 313 g/mol. The number of rotatable bonds is 1. The van der Waals surface area contributed by atoms with Crippen molar-refractivity contribution in [2.45, 2.75) is 31.8 Å². The van der Waals surface area contributed by atoms with Crippen molar-refractivity contribution in [2.75, 3.05) is 7.11 Å². The van der Waals surface area contributed by atoms with Crippen LogP contribution in [0, 0.1) is 0 Å². The smallest absolute Gasteiger partial charge is 0.143 e. The van der Waals surface area contributed by atoms with E-state index >= 15 is 0 Å². The number of ether oxygens (including phenoxy) is 1. The molecule has 1 atom stereocenters. The van der Waals surface area contributed by atoms with Crippen molar-refractivity contribution >= 4 is 33.1 Å². The van der Waals surface area contributed by atoms with Crippen molar-refractivity contribution in [3.63, 3.8) is 0 Å². The van der Waals surface area contributed by atoms with Gasteiger partial charge in [0.15, 0.2) is 0 Å². The zero-order chi connectivity index (χ0) is 12.0. The van der Waals surface area contributed by atoms with Gasteiger partial charge in [-0.3, -0.25) is 0 Å². The first-order chi connectivity index (χ1) is 8.19. The molecule has 0 fully saturated rings. The third kappa shape index (κ3) is 1.94. The topological polar surface area (TPSA) is 22.1 Å². The minimum atomic E-state index is 0.337. The molecule has 0 radical (unpaired) electrons. The van der Waals surface area contributed by atoms with Gasteiger partial charge in [-0.05, 0) is 52.4 Å². The maximum absolute atomic E-state index is 6.08. The summed E-state index contributed by atoms with van der Waals surface area (Å²) in [5.41, 5.74) is 5.28. The number of fused-ring (bicyclic) bond motifs is 2. The molecule has 2 aliphatic rings. The van der Waals surface area contributed by atoms with Gasteiger partial charge < -0.3 is 4.74 Å². The largest absolute Gasteiger partial charge is 0.381 e. The quantitative estimate of drug-likeness (QED) is 0.731. The van der Waals surface area contributed by atoms with E-state index in [1.807, 2.05) is 0 Å². The highest BCUT2D eigenvalue weighted by Gasteiger charge is 2.29. The van der Waals surface area contributed by atoms with Crippen molar-refractivity contribution in [3.05, 3.63) is 32.5 Å². The van der Waals surface area contributed by atoms with Crippen LogP contribution in [-0.4, -0.2) is 18.2 Å². The van der Waals surface area contributed by atoms with E-state index in [9.17, 15) is 0 Å². The van der Waals surface area contributed by atoms with Crippen molar-refractivity contribution in [1.29, 1.82) is 0 Å². The summed E-state index contributed by atoms with van der Waals surface area (Å²) in [7, 11) is 1.79. The SMILES string of the molecule is COC1CCC2=C(C1)c1nc(Cl)c(Br)cc1C2. The van der Waals surface area contributed by atoms with E-state index in [4.69, 9.17) is 16.3 Å². The van der Waals surface area contributed by atoms with Gasteiger partial charge in [0.25, 0.3) is 0 Å². The molecule has 0 saturated carbocycles. The van der Waals surface area contributed by atoms with Gasteiger partial charge in [0, 0.05) is 13.5 Å². The van der Waals surface area contributed by atoms with Gasteiger partial charge in [0.05, 0.1) is 16.3 Å². The van der Waals surface area contributed by atoms with E-state index < -0.39 is 0 Å². The fraction of sp³-hybridized carbons (Fsp3) is 0.462. The van der Waals surface area contributed by atoms with Crippen LogP contribution >= 0.6 is 27.5 Å². The Morgan fingerprint density at radius 1 is 1.53 bits per heavy atom. The molecule has 17 heavy (non-hydrogen) atoms. The molecule has 1 aromatic rings. The summed E-state index contributed by atoms with van der Waals surface area (Å²) in [4.78, 5) is 4.51. The molecule has 0 saturated heterocycles. The number of nitrogens with zero attached hydrogens (tertiary/aromatic N) is 1. The highest BCUT2D eigenvalue weighted by Crippen LogP contribution is 2.42. The van der Waals surface area contributed by atoms with Crippen LogP contribution < -0.4 is 0 Å². The third-order valence-electron chi connectivity index (χ3n) is 3.66. The fourth-order valence-electron chi connectivity index (χ4n) is 2.75. The number of aromatic nitrogens is 1. The summed E-state index contributed by atoms with van der Waals surface area (Å²) < 4.78 is 6.35. The number of pyridine rings is 1. The molecule has 3 rings (SSSR count). The lowest BCUT2D eigenvalue weighted by Crippen LogP contribution is -2.15. The molecule has 1 heterocycles. The number of hydrogen-bond acceptors (Lipinski definition) is 2. The maximum atomic E-state index is 6.08. The molecule has 0 aromatic carbocycles. The van der Waals surface area contributed by atoms with Crippen LogP contribution in [0.3, 0.4) is 0 Å². The molecular formula is C13H13BrClNO. The van der Waals surface area contributed by atoms with E-state index in [0.717, 1.165) is 35.8 Å². The lowest BCUT2D eigenvalue weighted by molar-refractivity contribution is 0.0965. The van der Waals surface area contributed by atoms with Crippen molar-refractivity contribution < 1.29 is 4.74 Å². The molecule has 4 heteroatoms. The van der Waals surface area contributed by atoms with E-state index in [1.54, 1.807) is 7.11 Å². The fourth-order valence-corrected chi connectivity index (χ4v) is 3.25. The van der Waals surface area contributed by atoms with Crippen LogP contribution in [0.25, 0.3) is 5.57 Å². The zero-order valence-electron chi connectivity index (χ0n) is 9.59. The highest BCUT2D eigenvalue weighted by atomic mass is 79.9. The number of halogens is 2. The summed E-state index contributed by atoms with van der Waals surface area (Å²) in [6, 6.07) is 2.10. The lowest BCUT2D eigenvalue weighted by Gasteiger charge is -2.22. The predicted octanol–water partition coefficient (Wildman–Crippen LogP) is 4.01. The Labute approximate surface area is 114 Å². The Balaban J connectivity index is 2.02. The summed E-state index contributed by atoms with van der Waals surface area (Å²) in [6.45, 7) is 0. The Hall–Kier alpha value is -0.380. The Kier molecular flexibility index (Phi) is 3.01. The molecule has 1 aromatic heterocycles. The standard InChI is InChI=1S/C13H13BrClNO/c1-17-9-3-2-7-4-8-5-11(14)13(15)16-12(8)10(7)6-9/h5,9H,2-4,6H2,1H3.